The Morgan fingerprint density at radius 1 is 1.33 bits per heavy atom. The van der Waals surface area contributed by atoms with Crippen LogP contribution >= 0.6 is 11.6 Å². The molecule has 1 saturated heterocycles. The van der Waals surface area contributed by atoms with Gasteiger partial charge in [-0.15, -0.1) is 0 Å². The topological polar surface area (TPSA) is 12.0 Å². The number of benzene rings is 1. The van der Waals surface area contributed by atoms with Gasteiger partial charge < -0.3 is 5.32 Å². The van der Waals surface area contributed by atoms with Gasteiger partial charge in [0.1, 0.15) is 0 Å². The van der Waals surface area contributed by atoms with E-state index < -0.39 is 11.7 Å². The third-order valence-electron chi connectivity index (χ3n) is 2.52. The maximum atomic E-state index is 12.4. The van der Waals surface area contributed by atoms with Crippen molar-refractivity contribution in [3.05, 3.63) is 34.3 Å². The molecule has 1 aliphatic rings. The summed E-state index contributed by atoms with van der Waals surface area (Å²) < 4.78 is 37.3. The minimum absolute atomic E-state index is 0.0280. The first-order valence-corrected chi connectivity index (χ1v) is 4.96. The van der Waals surface area contributed by atoms with Gasteiger partial charge in [-0.3, -0.25) is 0 Å². The molecule has 0 amide bonds. The molecule has 1 heterocycles. The van der Waals surface area contributed by atoms with Gasteiger partial charge in [0, 0.05) is 11.1 Å². The molecule has 0 saturated carbocycles. The van der Waals surface area contributed by atoms with E-state index in [1.54, 1.807) is 0 Å². The second-order valence-electron chi connectivity index (χ2n) is 3.53. The van der Waals surface area contributed by atoms with Gasteiger partial charge in [-0.25, -0.2) is 0 Å². The lowest BCUT2D eigenvalue weighted by molar-refractivity contribution is -0.137. The minimum atomic E-state index is -4.30. The molecule has 5 heteroatoms. The van der Waals surface area contributed by atoms with E-state index in [9.17, 15) is 13.2 Å². The molecule has 0 radical (unpaired) electrons. The fourth-order valence-electron chi connectivity index (χ4n) is 1.54. The quantitative estimate of drug-likeness (QED) is 0.787. The van der Waals surface area contributed by atoms with E-state index in [0.717, 1.165) is 25.1 Å². The van der Waals surface area contributed by atoms with E-state index in [-0.39, 0.29) is 6.04 Å². The Labute approximate surface area is 90.2 Å². The number of nitrogens with one attached hydrogen (secondary N) is 1. The van der Waals surface area contributed by atoms with Crippen molar-refractivity contribution in [2.24, 2.45) is 0 Å². The van der Waals surface area contributed by atoms with E-state index >= 15 is 0 Å². The van der Waals surface area contributed by atoms with Gasteiger partial charge in [0.25, 0.3) is 0 Å². The molecule has 0 bridgehead atoms. The number of hydrogen-bond acceptors (Lipinski definition) is 1. The van der Waals surface area contributed by atoms with E-state index in [0.29, 0.717) is 10.6 Å². The fourth-order valence-corrected chi connectivity index (χ4v) is 1.79. The van der Waals surface area contributed by atoms with Crippen LogP contribution in [0.1, 0.15) is 23.6 Å². The summed E-state index contributed by atoms with van der Waals surface area (Å²) in [4.78, 5) is 0. The van der Waals surface area contributed by atoms with Gasteiger partial charge in [-0.1, -0.05) is 11.6 Å². The van der Waals surface area contributed by atoms with Crippen molar-refractivity contribution in [3.63, 3.8) is 0 Å². The normalized spacial score (nSPS) is 21.2. The van der Waals surface area contributed by atoms with Crippen LogP contribution in [0.15, 0.2) is 18.2 Å². The first-order chi connectivity index (χ1) is 6.98. The molecule has 1 aliphatic heterocycles. The molecule has 0 unspecified atom stereocenters. The SMILES string of the molecule is FC(F)(F)c1ccc(Cl)c([C@H]2CCN2)c1. The molecule has 1 N–H and O–H groups in total. The second-order valence-corrected chi connectivity index (χ2v) is 3.94. The van der Waals surface area contributed by atoms with Gasteiger partial charge in [-0.2, -0.15) is 13.2 Å². The van der Waals surface area contributed by atoms with Gasteiger partial charge in [0.2, 0.25) is 0 Å². The summed E-state index contributed by atoms with van der Waals surface area (Å²) in [5.74, 6) is 0. The number of alkyl halides is 3. The molecular formula is C10H9ClF3N. The lowest BCUT2D eigenvalue weighted by atomic mass is 9.96. The third kappa shape index (κ3) is 2.11. The molecule has 0 aromatic heterocycles. The Hall–Kier alpha value is -0.740. The van der Waals surface area contributed by atoms with Crippen LogP contribution in [0.2, 0.25) is 5.02 Å². The van der Waals surface area contributed by atoms with Gasteiger partial charge in [0.15, 0.2) is 0 Å². The molecule has 1 fully saturated rings. The summed E-state index contributed by atoms with van der Waals surface area (Å²) in [6.45, 7) is 0.831. The molecule has 0 spiro atoms. The van der Waals surface area contributed by atoms with E-state index in [2.05, 4.69) is 5.32 Å². The molecule has 82 valence electrons. The van der Waals surface area contributed by atoms with Gasteiger partial charge >= 0.3 is 6.18 Å². The fraction of sp³-hybridized carbons (Fsp3) is 0.400. The summed E-state index contributed by atoms with van der Waals surface area (Å²) in [5.41, 5.74) is -0.103. The number of hydrogen-bond donors (Lipinski definition) is 1. The highest BCUT2D eigenvalue weighted by molar-refractivity contribution is 6.31. The molecule has 0 aliphatic carbocycles. The van der Waals surface area contributed by atoms with Gasteiger partial charge in [-0.05, 0) is 36.7 Å². The zero-order chi connectivity index (χ0) is 11.1. The van der Waals surface area contributed by atoms with E-state index in [4.69, 9.17) is 11.6 Å². The smallest absolute Gasteiger partial charge is 0.310 e. The average Bonchev–Trinajstić information content (AvgIpc) is 2.03. The maximum Gasteiger partial charge on any atom is 0.416 e. The lowest BCUT2D eigenvalue weighted by Crippen LogP contribution is -2.35. The number of rotatable bonds is 1. The summed E-state index contributed by atoms with van der Waals surface area (Å²) in [5, 5.41) is 3.42. The first-order valence-electron chi connectivity index (χ1n) is 4.58. The molecular weight excluding hydrogens is 227 g/mol. The predicted octanol–water partition coefficient (Wildman–Crippen LogP) is 3.39. The molecule has 15 heavy (non-hydrogen) atoms. The summed E-state index contributed by atoms with van der Waals surface area (Å²) in [6.07, 6.45) is -3.47. The zero-order valence-electron chi connectivity index (χ0n) is 7.74. The van der Waals surface area contributed by atoms with Crippen molar-refractivity contribution in [2.75, 3.05) is 6.54 Å². The van der Waals surface area contributed by atoms with Crippen LogP contribution in [0.3, 0.4) is 0 Å². The standard InChI is InChI=1S/C10H9ClF3N/c11-8-2-1-6(10(12,13)14)5-7(8)9-3-4-15-9/h1-2,5,9,15H,3-4H2/t9-/m1/s1. The maximum absolute atomic E-state index is 12.4. The van der Waals surface area contributed by atoms with Crippen LogP contribution in [0, 0.1) is 0 Å². The second kappa shape index (κ2) is 3.68. The number of halogens is 4. The van der Waals surface area contributed by atoms with Crippen LogP contribution in [-0.4, -0.2) is 6.54 Å². The average molecular weight is 236 g/mol. The monoisotopic (exact) mass is 235 g/mol. The highest BCUT2D eigenvalue weighted by atomic mass is 35.5. The van der Waals surface area contributed by atoms with E-state index in [1.807, 2.05) is 0 Å². The molecule has 1 aromatic carbocycles. The van der Waals surface area contributed by atoms with E-state index in [1.165, 1.54) is 6.07 Å². The largest absolute Gasteiger partial charge is 0.416 e. The van der Waals surface area contributed by atoms with Crippen molar-refractivity contribution in [2.45, 2.75) is 18.6 Å². The van der Waals surface area contributed by atoms with Crippen LogP contribution in [0.25, 0.3) is 0 Å². The highest BCUT2D eigenvalue weighted by Gasteiger charge is 2.32. The molecule has 1 nitrogen and oxygen atoms in total. The van der Waals surface area contributed by atoms with Crippen LogP contribution in [-0.2, 0) is 6.18 Å². The van der Waals surface area contributed by atoms with Crippen molar-refractivity contribution in [3.8, 4) is 0 Å². The van der Waals surface area contributed by atoms with Crippen molar-refractivity contribution in [1.29, 1.82) is 0 Å². The molecule has 1 aromatic rings. The summed E-state index contributed by atoms with van der Waals surface area (Å²) >= 11 is 5.85. The lowest BCUT2D eigenvalue weighted by Gasteiger charge is -2.29. The Kier molecular flexibility index (Phi) is 2.64. The zero-order valence-corrected chi connectivity index (χ0v) is 8.49. The molecule has 1 atom stereocenters. The van der Waals surface area contributed by atoms with Crippen LogP contribution in [0.4, 0.5) is 13.2 Å². The Morgan fingerprint density at radius 2 is 2.00 bits per heavy atom. The molecule has 2 rings (SSSR count). The van der Waals surface area contributed by atoms with Crippen LogP contribution < -0.4 is 5.32 Å². The van der Waals surface area contributed by atoms with Crippen molar-refractivity contribution in [1.82, 2.24) is 5.32 Å². The Bertz CT molecular complexity index is 371. The summed E-state index contributed by atoms with van der Waals surface area (Å²) in [6, 6.07) is 3.41. The highest BCUT2D eigenvalue weighted by Crippen LogP contribution is 2.35. The third-order valence-corrected chi connectivity index (χ3v) is 2.87. The van der Waals surface area contributed by atoms with Crippen LogP contribution in [0.5, 0.6) is 0 Å². The Morgan fingerprint density at radius 3 is 2.47 bits per heavy atom. The first kappa shape index (κ1) is 10.8. The van der Waals surface area contributed by atoms with Gasteiger partial charge in [0.05, 0.1) is 5.56 Å². The minimum Gasteiger partial charge on any atom is -0.310 e. The van der Waals surface area contributed by atoms with Crippen molar-refractivity contribution < 1.29 is 13.2 Å². The van der Waals surface area contributed by atoms with Crippen molar-refractivity contribution >= 4 is 11.6 Å². The Balaban J connectivity index is 2.36. The predicted molar refractivity (Wildman–Crippen MR) is 51.8 cm³/mol. The summed E-state index contributed by atoms with van der Waals surface area (Å²) in [7, 11) is 0.